The van der Waals surface area contributed by atoms with Crippen molar-refractivity contribution >= 4 is 11.6 Å². The summed E-state index contributed by atoms with van der Waals surface area (Å²) in [4.78, 5) is 13.6. The molecule has 0 radical (unpaired) electrons. The van der Waals surface area contributed by atoms with E-state index in [1.54, 1.807) is 0 Å². The largest absolute Gasteiger partial charge is 0.226 e. The summed E-state index contributed by atoms with van der Waals surface area (Å²) in [5.41, 5.74) is 8.67. The molecule has 37 heavy (non-hydrogen) atoms. The number of benzene rings is 5. The van der Waals surface area contributed by atoms with E-state index in [-0.39, 0.29) is 5.28 Å². The fraction of sp³-hybridized carbons (Fsp3) is 0. The molecule has 0 atom stereocenters. The van der Waals surface area contributed by atoms with Crippen LogP contribution in [0.1, 0.15) is 0 Å². The van der Waals surface area contributed by atoms with Crippen LogP contribution in [0.2, 0.25) is 5.28 Å². The molecule has 0 spiro atoms. The molecule has 0 aliphatic rings. The fourth-order valence-corrected chi connectivity index (χ4v) is 4.56. The van der Waals surface area contributed by atoms with Crippen LogP contribution >= 0.6 is 11.6 Å². The number of halogens is 1. The van der Waals surface area contributed by atoms with Crippen LogP contribution in [0.25, 0.3) is 56.2 Å². The number of nitrogens with zero attached hydrogens (tertiary/aromatic N) is 3. The van der Waals surface area contributed by atoms with Crippen molar-refractivity contribution in [1.29, 1.82) is 0 Å². The van der Waals surface area contributed by atoms with E-state index in [4.69, 9.17) is 16.6 Å². The molecule has 0 unspecified atom stereocenters. The molecule has 5 aromatic carbocycles. The van der Waals surface area contributed by atoms with E-state index >= 15 is 0 Å². The highest BCUT2D eigenvalue weighted by molar-refractivity contribution is 6.28. The van der Waals surface area contributed by atoms with Crippen molar-refractivity contribution in [2.24, 2.45) is 0 Å². The molecule has 176 valence electrons. The Balaban J connectivity index is 1.31. The average Bonchev–Trinajstić information content (AvgIpc) is 2.98. The molecular weight excluding hydrogens is 474 g/mol. The van der Waals surface area contributed by atoms with Gasteiger partial charge in [0.2, 0.25) is 5.28 Å². The predicted molar refractivity (Wildman–Crippen MR) is 152 cm³/mol. The Morgan fingerprint density at radius 3 is 1.24 bits per heavy atom. The monoisotopic (exact) mass is 495 g/mol. The first-order chi connectivity index (χ1) is 18.2. The highest BCUT2D eigenvalue weighted by Crippen LogP contribution is 2.29. The third-order valence-corrected chi connectivity index (χ3v) is 6.45. The molecule has 4 heteroatoms. The fourth-order valence-electron chi connectivity index (χ4n) is 4.40. The van der Waals surface area contributed by atoms with Crippen molar-refractivity contribution in [2.75, 3.05) is 0 Å². The summed E-state index contributed by atoms with van der Waals surface area (Å²) < 4.78 is 0. The van der Waals surface area contributed by atoms with E-state index in [9.17, 15) is 0 Å². The zero-order valence-electron chi connectivity index (χ0n) is 19.9. The third kappa shape index (κ3) is 5.04. The Hall–Kier alpha value is -4.60. The molecule has 0 aliphatic heterocycles. The number of aromatic nitrogens is 3. The van der Waals surface area contributed by atoms with Gasteiger partial charge in [0.05, 0.1) is 0 Å². The lowest BCUT2D eigenvalue weighted by Gasteiger charge is -2.09. The van der Waals surface area contributed by atoms with Crippen molar-refractivity contribution in [3.8, 4) is 56.2 Å². The van der Waals surface area contributed by atoms with Gasteiger partial charge in [-0.05, 0) is 57.1 Å². The normalized spacial score (nSPS) is 10.8. The Labute approximate surface area is 221 Å². The minimum absolute atomic E-state index is 0.171. The van der Waals surface area contributed by atoms with E-state index in [2.05, 4.69) is 94.9 Å². The standard InChI is InChI=1S/C33H22ClN3/c34-33-36-31(35-32(37-33)30-16-8-15-29(22-30)24-11-5-2-6-12-24)26-19-17-25(18-20-26)28-14-7-13-27(21-28)23-9-3-1-4-10-23/h1-22H. The quantitative estimate of drug-likeness (QED) is 0.240. The molecule has 1 aromatic heterocycles. The molecule has 0 N–H and O–H groups in total. The predicted octanol–water partition coefficient (Wildman–Crippen LogP) is 8.86. The van der Waals surface area contributed by atoms with Gasteiger partial charge in [0.25, 0.3) is 0 Å². The molecular formula is C33H22ClN3. The van der Waals surface area contributed by atoms with E-state index in [1.165, 1.54) is 11.1 Å². The second kappa shape index (κ2) is 10.2. The highest BCUT2D eigenvalue weighted by atomic mass is 35.5. The Morgan fingerprint density at radius 2 is 0.703 bits per heavy atom. The van der Waals surface area contributed by atoms with Gasteiger partial charge < -0.3 is 0 Å². The zero-order chi connectivity index (χ0) is 25.0. The average molecular weight is 496 g/mol. The van der Waals surface area contributed by atoms with Gasteiger partial charge in [0.1, 0.15) is 0 Å². The van der Waals surface area contributed by atoms with Crippen LogP contribution in [0.5, 0.6) is 0 Å². The number of hydrogen-bond donors (Lipinski definition) is 0. The van der Waals surface area contributed by atoms with Gasteiger partial charge in [-0.3, -0.25) is 0 Å². The van der Waals surface area contributed by atoms with Gasteiger partial charge in [-0.25, -0.2) is 4.98 Å². The molecule has 1 heterocycles. The summed E-state index contributed by atoms with van der Waals surface area (Å²) in [6, 6.07) is 45.6. The summed E-state index contributed by atoms with van der Waals surface area (Å²) in [6.07, 6.45) is 0. The molecule has 6 aromatic rings. The Morgan fingerprint density at radius 1 is 0.324 bits per heavy atom. The maximum atomic E-state index is 6.35. The molecule has 0 fully saturated rings. The summed E-state index contributed by atoms with van der Waals surface area (Å²) in [7, 11) is 0. The first-order valence-electron chi connectivity index (χ1n) is 12.1. The van der Waals surface area contributed by atoms with Crippen molar-refractivity contribution in [3.05, 3.63) is 139 Å². The molecule has 3 nitrogen and oxygen atoms in total. The second-order valence-corrected chi connectivity index (χ2v) is 9.06. The van der Waals surface area contributed by atoms with Crippen LogP contribution in [-0.2, 0) is 0 Å². The lowest BCUT2D eigenvalue weighted by atomic mass is 9.98. The summed E-state index contributed by atoms with van der Waals surface area (Å²) in [5, 5.41) is 0.171. The molecule has 0 bridgehead atoms. The molecule has 0 amide bonds. The topological polar surface area (TPSA) is 38.7 Å². The van der Waals surface area contributed by atoms with Gasteiger partial charge >= 0.3 is 0 Å². The van der Waals surface area contributed by atoms with Gasteiger partial charge in [-0.2, -0.15) is 9.97 Å². The van der Waals surface area contributed by atoms with Crippen molar-refractivity contribution in [2.45, 2.75) is 0 Å². The minimum atomic E-state index is 0.171. The third-order valence-electron chi connectivity index (χ3n) is 6.28. The van der Waals surface area contributed by atoms with Crippen LogP contribution in [-0.4, -0.2) is 15.0 Å². The maximum absolute atomic E-state index is 6.35. The zero-order valence-corrected chi connectivity index (χ0v) is 20.7. The molecule has 0 saturated carbocycles. The van der Waals surface area contributed by atoms with Gasteiger partial charge in [-0.1, -0.05) is 121 Å². The van der Waals surface area contributed by atoms with Crippen molar-refractivity contribution in [3.63, 3.8) is 0 Å². The van der Waals surface area contributed by atoms with E-state index in [0.717, 1.165) is 33.4 Å². The van der Waals surface area contributed by atoms with Gasteiger partial charge in [0, 0.05) is 11.1 Å². The minimum Gasteiger partial charge on any atom is -0.208 e. The lowest BCUT2D eigenvalue weighted by molar-refractivity contribution is 1.07. The van der Waals surface area contributed by atoms with Crippen molar-refractivity contribution < 1.29 is 0 Å². The maximum Gasteiger partial charge on any atom is 0.226 e. The van der Waals surface area contributed by atoms with Gasteiger partial charge in [0.15, 0.2) is 11.6 Å². The van der Waals surface area contributed by atoms with Crippen LogP contribution in [0.4, 0.5) is 0 Å². The second-order valence-electron chi connectivity index (χ2n) is 8.72. The van der Waals surface area contributed by atoms with E-state index in [0.29, 0.717) is 11.6 Å². The Kier molecular flexibility index (Phi) is 6.28. The van der Waals surface area contributed by atoms with Crippen LogP contribution in [0.3, 0.4) is 0 Å². The molecule has 0 saturated heterocycles. The van der Waals surface area contributed by atoms with Gasteiger partial charge in [-0.15, -0.1) is 0 Å². The molecule has 6 rings (SSSR count). The number of rotatable bonds is 5. The van der Waals surface area contributed by atoms with Crippen LogP contribution in [0.15, 0.2) is 133 Å². The summed E-state index contributed by atoms with van der Waals surface area (Å²) in [6.45, 7) is 0. The van der Waals surface area contributed by atoms with Crippen LogP contribution in [0, 0.1) is 0 Å². The van der Waals surface area contributed by atoms with E-state index < -0.39 is 0 Å². The SMILES string of the molecule is Clc1nc(-c2ccc(-c3cccc(-c4ccccc4)c3)cc2)nc(-c2cccc(-c3ccccc3)c2)n1. The Bertz CT molecular complexity index is 1660. The van der Waals surface area contributed by atoms with Crippen molar-refractivity contribution in [1.82, 2.24) is 15.0 Å². The first-order valence-corrected chi connectivity index (χ1v) is 12.4. The lowest BCUT2D eigenvalue weighted by Crippen LogP contribution is -1.97. The summed E-state index contributed by atoms with van der Waals surface area (Å²) >= 11 is 6.35. The number of hydrogen-bond acceptors (Lipinski definition) is 3. The highest BCUT2D eigenvalue weighted by Gasteiger charge is 2.11. The summed E-state index contributed by atoms with van der Waals surface area (Å²) in [5.74, 6) is 1.09. The first kappa shape index (κ1) is 22.8. The molecule has 0 aliphatic carbocycles. The smallest absolute Gasteiger partial charge is 0.208 e. The van der Waals surface area contributed by atoms with Crippen LogP contribution < -0.4 is 0 Å². The van der Waals surface area contributed by atoms with E-state index in [1.807, 2.05) is 48.5 Å².